The van der Waals surface area contributed by atoms with Gasteiger partial charge in [0.25, 0.3) is 0 Å². The van der Waals surface area contributed by atoms with Gasteiger partial charge in [0.2, 0.25) is 5.91 Å². The molecule has 0 bridgehead atoms. The molecule has 0 aromatic heterocycles. The first-order valence-electron chi connectivity index (χ1n) is 7.26. The molecule has 0 spiro atoms. The number of rotatable bonds is 4. The summed E-state index contributed by atoms with van der Waals surface area (Å²) >= 11 is 0. The number of aryl methyl sites for hydroxylation is 2. The number of aliphatic hydroxyl groups is 1. The van der Waals surface area contributed by atoms with Crippen LogP contribution in [0.4, 0.5) is 5.69 Å². The van der Waals surface area contributed by atoms with Gasteiger partial charge < -0.3 is 10.4 Å². The number of hydrogen-bond acceptors (Lipinski definition) is 2. The van der Waals surface area contributed by atoms with E-state index in [1.807, 2.05) is 0 Å². The van der Waals surface area contributed by atoms with Gasteiger partial charge in [0.05, 0.1) is 12.0 Å². The SMILES string of the molecule is CCc1ccc(CC)c(NC(=O)C2CCCC2O)c1. The number of carbonyl (C=O) groups excluding carboxylic acids is 1. The first-order valence-corrected chi connectivity index (χ1v) is 7.26. The van der Waals surface area contributed by atoms with E-state index in [4.69, 9.17) is 0 Å². The minimum atomic E-state index is -0.473. The first kappa shape index (κ1) is 14.1. The molecule has 2 unspecified atom stereocenters. The van der Waals surface area contributed by atoms with Crippen molar-refractivity contribution in [3.63, 3.8) is 0 Å². The molecule has 1 aromatic carbocycles. The Labute approximate surface area is 115 Å². The third kappa shape index (κ3) is 3.16. The Hall–Kier alpha value is -1.35. The van der Waals surface area contributed by atoms with Gasteiger partial charge in [-0.3, -0.25) is 4.79 Å². The summed E-state index contributed by atoms with van der Waals surface area (Å²) in [7, 11) is 0. The van der Waals surface area contributed by atoms with E-state index in [0.29, 0.717) is 0 Å². The van der Waals surface area contributed by atoms with Gasteiger partial charge in [0, 0.05) is 5.69 Å². The maximum absolute atomic E-state index is 12.2. The summed E-state index contributed by atoms with van der Waals surface area (Å²) in [6, 6.07) is 6.25. The van der Waals surface area contributed by atoms with Crippen LogP contribution in [0.15, 0.2) is 18.2 Å². The van der Waals surface area contributed by atoms with Crippen LogP contribution in [0, 0.1) is 5.92 Å². The summed E-state index contributed by atoms with van der Waals surface area (Å²) in [5.74, 6) is -0.275. The predicted molar refractivity (Wildman–Crippen MR) is 77.2 cm³/mol. The number of hydrogen-bond donors (Lipinski definition) is 2. The summed E-state index contributed by atoms with van der Waals surface area (Å²) in [6.07, 6.45) is 3.86. The van der Waals surface area contributed by atoms with Crippen molar-refractivity contribution in [2.75, 3.05) is 5.32 Å². The Morgan fingerprint density at radius 3 is 2.68 bits per heavy atom. The monoisotopic (exact) mass is 261 g/mol. The van der Waals surface area contributed by atoms with Crippen LogP contribution >= 0.6 is 0 Å². The fourth-order valence-corrected chi connectivity index (χ4v) is 2.74. The van der Waals surface area contributed by atoms with Crippen LogP contribution in [-0.4, -0.2) is 17.1 Å². The van der Waals surface area contributed by atoms with Crippen molar-refractivity contribution in [1.82, 2.24) is 0 Å². The molecule has 1 aliphatic carbocycles. The number of carbonyl (C=O) groups is 1. The first-order chi connectivity index (χ1) is 9.15. The molecule has 1 amide bonds. The molecule has 104 valence electrons. The zero-order chi connectivity index (χ0) is 13.8. The topological polar surface area (TPSA) is 49.3 Å². The lowest BCUT2D eigenvalue weighted by Crippen LogP contribution is -2.29. The average molecular weight is 261 g/mol. The summed E-state index contributed by atoms with van der Waals surface area (Å²) in [5, 5.41) is 12.8. The molecule has 1 fully saturated rings. The molecule has 3 heteroatoms. The van der Waals surface area contributed by atoms with Crippen molar-refractivity contribution in [1.29, 1.82) is 0 Å². The van der Waals surface area contributed by atoms with Crippen LogP contribution in [-0.2, 0) is 17.6 Å². The standard InChI is InChI=1S/C16H23NO2/c1-3-11-8-9-12(4-2)14(10-11)17-16(19)13-6-5-7-15(13)18/h8-10,13,15,18H,3-7H2,1-2H3,(H,17,19). The Bertz CT molecular complexity index is 456. The van der Waals surface area contributed by atoms with E-state index in [1.165, 1.54) is 5.56 Å². The van der Waals surface area contributed by atoms with Crippen molar-refractivity contribution in [3.8, 4) is 0 Å². The van der Waals surface area contributed by atoms with E-state index in [-0.39, 0.29) is 11.8 Å². The minimum absolute atomic E-state index is 0.0343. The zero-order valence-corrected chi connectivity index (χ0v) is 11.8. The van der Waals surface area contributed by atoms with Crippen molar-refractivity contribution < 1.29 is 9.90 Å². The minimum Gasteiger partial charge on any atom is -0.392 e. The molecule has 19 heavy (non-hydrogen) atoms. The summed E-state index contributed by atoms with van der Waals surface area (Å²) in [6.45, 7) is 4.19. The van der Waals surface area contributed by atoms with Crippen molar-refractivity contribution >= 4 is 11.6 Å². The van der Waals surface area contributed by atoms with Gasteiger partial charge in [-0.25, -0.2) is 0 Å². The molecule has 1 aliphatic rings. The Morgan fingerprint density at radius 1 is 1.32 bits per heavy atom. The number of aliphatic hydroxyl groups excluding tert-OH is 1. The van der Waals surface area contributed by atoms with Crippen LogP contribution in [0.5, 0.6) is 0 Å². The average Bonchev–Trinajstić information content (AvgIpc) is 2.85. The highest BCUT2D eigenvalue weighted by Crippen LogP contribution is 2.28. The van der Waals surface area contributed by atoms with E-state index < -0.39 is 6.10 Å². The normalized spacial score (nSPS) is 22.5. The molecule has 0 radical (unpaired) electrons. The van der Waals surface area contributed by atoms with Gasteiger partial charge in [-0.05, 0) is 49.3 Å². The second-order valence-corrected chi connectivity index (χ2v) is 5.29. The van der Waals surface area contributed by atoms with Crippen LogP contribution in [0.2, 0.25) is 0 Å². The number of benzene rings is 1. The molecule has 0 heterocycles. The third-order valence-electron chi connectivity index (χ3n) is 4.04. The number of nitrogens with one attached hydrogen (secondary N) is 1. The van der Waals surface area contributed by atoms with Crippen molar-refractivity contribution in [2.24, 2.45) is 5.92 Å². The largest absolute Gasteiger partial charge is 0.392 e. The van der Waals surface area contributed by atoms with Gasteiger partial charge in [0.15, 0.2) is 0 Å². The van der Waals surface area contributed by atoms with Gasteiger partial charge >= 0.3 is 0 Å². The number of amides is 1. The highest BCUT2D eigenvalue weighted by molar-refractivity contribution is 5.94. The molecule has 2 N–H and O–H groups in total. The summed E-state index contributed by atoms with van der Waals surface area (Å²) < 4.78 is 0. The molecule has 0 aliphatic heterocycles. The van der Waals surface area contributed by atoms with Gasteiger partial charge in [-0.1, -0.05) is 26.0 Å². The molecule has 3 nitrogen and oxygen atoms in total. The lowest BCUT2D eigenvalue weighted by Gasteiger charge is -2.17. The van der Waals surface area contributed by atoms with E-state index in [1.54, 1.807) is 0 Å². The van der Waals surface area contributed by atoms with Crippen molar-refractivity contribution in [3.05, 3.63) is 29.3 Å². The molecule has 2 atom stereocenters. The second-order valence-electron chi connectivity index (χ2n) is 5.29. The summed E-state index contributed by atoms with van der Waals surface area (Å²) in [4.78, 5) is 12.2. The maximum Gasteiger partial charge on any atom is 0.230 e. The Morgan fingerprint density at radius 2 is 2.11 bits per heavy atom. The maximum atomic E-state index is 12.2. The highest BCUT2D eigenvalue weighted by atomic mass is 16.3. The molecule has 1 saturated carbocycles. The third-order valence-corrected chi connectivity index (χ3v) is 4.04. The quantitative estimate of drug-likeness (QED) is 0.875. The molecule has 0 saturated heterocycles. The molecule has 1 aromatic rings. The molecule has 2 rings (SSSR count). The second kappa shape index (κ2) is 6.20. The van der Waals surface area contributed by atoms with E-state index in [0.717, 1.165) is 43.4 Å². The van der Waals surface area contributed by atoms with E-state index in [9.17, 15) is 9.90 Å². The van der Waals surface area contributed by atoms with Crippen molar-refractivity contribution in [2.45, 2.75) is 52.1 Å². The number of anilines is 1. The fourth-order valence-electron chi connectivity index (χ4n) is 2.74. The van der Waals surface area contributed by atoms with Gasteiger partial charge in [0.1, 0.15) is 0 Å². The Balaban J connectivity index is 2.15. The van der Waals surface area contributed by atoms with Crippen LogP contribution < -0.4 is 5.32 Å². The molecular weight excluding hydrogens is 238 g/mol. The lowest BCUT2D eigenvalue weighted by atomic mass is 10.0. The highest BCUT2D eigenvalue weighted by Gasteiger charge is 2.31. The zero-order valence-electron chi connectivity index (χ0n) is 11.8. The van der Waals surface area contributed by atoms with Crippen LogP contribution in [0.3, 0.4) is 0 Å². The van der Waals surface area contributed by atoms with E-state index >= 15 is 0 Å². The fraction of sp³-hybridized carbons (Fsp3) is 0.562. The van der Waals surface area contributed by atoms with Crippen LogP contribution in [0.1, 0.15) is 44.2 Å². The van der Waals surface area contributed by atoms with Gasteiger partial charge in [-0.15, -0.1) is 0 Å². The predicted octanol–water partition coefficient (Wildman–Crippen LogP) is 2.91. The smallest absolute Gasteiger partial charge is 0.230 e. The van der Waals surface area contributed by atoms with E-state index in [2.05, 4.69) is 37.4 Å². The van der Waals surface area contributed by atoms with Crippen LogP contribution in [0.25, 0.3) is 0 Å². The lowest BCUT2D eigenvalue weighted by molar-refractivity contribution is -0.122. The summed E-state index contributed by atoms with van der Waals surface area (Å²) in [5.41, 5.74) is 3.28. The molecular formula is C16H23NO2. The van der Waals surface area contributed by atoms with Gasteiger partial charge in [-0.2, -0.15) is 0 Å². The Kier molecular flexibility index (Phi) is 4.59.